The van der Waals surface area contributed by atoms with Crippen LogP contribution in [0.5, 0.6) is 0 Å². The van der Waals surface area contributed by atoms with E-state index in [1.165, 1.54) is 28.6 Å². The summed E-state index contributed by atoms with van der Waals surface area (Å²) < 4.78 is 67.7. The number of sulfonamides is 1. The third-order valence-electron chi connectivity index (χ3n) is 4.48. The Hall–Kier alpha value is -2.67. The van der Waals surface area contributed by atoms with Crippen LogP contribution in [0.15, 0.2) is 29.2 Å². The second kappa shape index (κ2) is 12.0. The molecule has 2 N–H and O–H groups in total. The molecule has 2 amide bonds. The summed E-state index contributed by atoms with van der Waals surface area (Å²) in [5.41, 5.74) is -0.0235. The molecule has 0 aromatic heterocycles. The van der Waals surface area contributed by atoms with E-state index in [2.05, 4.69) is 5.32 Å². The predicted molar refractivity (Wildman–Crippen MR) is 113 cm³/mol. The van der Waals surface area contributed by atoms with Crippen molar-refractivity contribution in [2.45, 2.75) is 44.8 Å². The van der Waals surface area contributed by atoms with Crippen LogP contribution in [0.4, 0.5) is 13.2 Å². The number of hydrogen-bond acceptors (Lipinski definition) is 6. The molecule has 0 bridgehead atoms. The highest BCUT2D eigenvalue weighted by molar-refractivity contribution is 7.89. The molecule has 1 aromatic rings. The second-order valence-corrected chi connectivity index (χ2v) is 9.25. The maximum Gasteiger partial charge on any atom is 0.405 e. The van der Waals surface area contributed by atoms with Crippen molar-refractivity contribution in [2.75, 3.05) is 26.2 Å². The van der Waals surface area contributed by atoms with Crippen molar-refractivity contribution in [3.63, 3.8) is 0 Å². The van der Waals surface area contributed by atoms with Crippen molar-refractivity contribution in [3.8, 4) is 0 Å². The van der Waals surface area contributed by atoms with Gasteiger partial charge in [0.05, 0.1) is 4.90 Å². The van der Waals surface area contributed by atoms with Crippen LogP contribution in [-0.4, -0.2) is 69.0 Å². The van der Waals surface area contributed by atoms with E-state index >= 15 is 0 Å². The number of esters is 1. The number of hydrogen-bond donors (Lipinski definition) is 2. The zero-order valence-electron chi connectivity index (χ0n) is 18.7. The maximum absolute atomic E-state index is 12.7. The Morgan fingerprint density at radius 1 is 1.12 bits per heavy atom. The van der Waals surface area contributed by atoms with E-state index in [9.17, 15) is 36.0 Å². The molecule has 0 unspecified atom stereocenters. The zero-order chi connectivity index (χ0) is 25.4. The summed E-state index contributed by atoms with van der Waals surface area (Å²) >= 11 is 0. The molecule has 0 heterocycles. The van der Waals surface area contributed by atoms with Gasteiger partial charge in [0.2, 0.25) is 10.0 Å². The lowest BCUT2D eigenvalue weighted by molar-refractivity contribution is -0.153. The molecule has 186 valence electrons. The third kappa shape index (κ3) is 8.65. The molecule has 0 aliphatic carbocycles. The second-order valence-electron chi connectivity index (χ2n) is 7.31. The summed E-state index contributed by atoms with van der Waals surface area (Å²) in [5.74, 6) is -3.43. The summed E-state index contributed by atoms with van der Waals surface area (Å²) in [6.07, 6.45) is -4.61. The van der Waals surface area contributed by atoms with Crippen molar-refractivity contribution in [1.82, 2.24) is 14.9 Å². The number of rotatable bonds is 11. The molecule has 0 fully saturated rings. The predicted octanol–water partition coefficient (Wildman–Crippen LogP) is 1.69. The van der Waals surface area contributed by atoms with Gasteiger partial charge in [-0.2, -0.15) is 17.5 Å². The lowest BCUT2D eigenvalue weighted by atomic mass is 10.0. The van der Waals surface area contributed by atoms with E-state index in [1.54, 1.807) is 33.0 Å². The van der Waals surface area contributed by atoms with Crippen LogP contribution in [0.1, 0.15) is 38.1 Å². The van der Waals surface area contributed by atoms with Gasteiger partial charge in [-0.25, -0.2) is 13.2 Å². The Balaban J connectivity index is 2.90. The van der Waals surface area contributed by atoms with Crippen LogP contribution in [-0.2, 0) is 24.3 Å². The molecule has 1 atom stereocenters. The molecule has 0 aliphatic rings. The Kier molecular flexibility index (Phi) is 10.3. The van der Waals surface area contributed by atoms with Crippen LogP contribution in [0.2, 0.25) is 0 Å². The average molecular weight is 496 g/mol. The van der Waals surface area contributed by atoms with Gasteiger partial charge in [0.25, 0.3) is 11.8 Å². The molecule has 1 aromatic carbocycles. The molecule has 9 nitrogen and oxygen atoms in total. The van der Waals surface area contributed by atoms with Crippen LogP contribution in [0.3, 0.4) is 0 Å². The van der Waals surface area contributed by atoms with Crippen molar-refractivity contribution in [1.29, 1.82) is 0 Å². The van der Waals surface area contributed by atoms with Gasteiger partial charge >= 0.3 is 12.1 Å². The number of carbonyl (C=O) groups is 3. The number of ether oxygens (including phenoxy) is 1. The Bertz CT molecular complexity index is 947. The molecule has 1 rings (SSSR count). The topological polar surface area (TPSA) is 122 Å². The first kappa shape index (κ1) is 28.4. The molecule has 0 saturated carbocycles. The van der Waals surface area contributed by atoms with Gasteiger partial charge in [-0.05, 0) is 24.1 Å². The number of benzene rings is 1. The number of alkyl halides is 3. The monoisotopic (exact) mass is 495 g/mol. The number of carbonyl (C=O) groups excluding carboxylic acids is 3. The summed E-state index contributed by atoms with van der Waals surface area (Å²) in [5, 5.41) is 3.98. The minimum atomic E-state index is -4.61. The highest BCUT2D eigenvalue weighted by Crippen LogP contribution is 2.17. The Labute approximate surface area is 190 Å². The molecule has 0 saturated heterocycles. The van der Waals surface area contributed by atoms with Crippen LogP contribution >= 0.6 is 0 Å². The summed E-state index contributed by atoms with van der Waals surface area (Å²) in [6.45, 7) is 4.49. The van der Waals surface area contributed by atoms with E-state index in [1.807, 2.05) is 0 Å². The van der Waals surface area contributed by atoms with Gasteiger partial charge in [-0.15, -0.1) is 0 Å². The summed E-state index contributed by atoms with van der Waals surface area (Å²) in [7, 11) is -3.82. The van der Waals surface area contributed by atoms with E-state index in [0.717, 1.165) is 0 Å². The van der Waals surface area contributed by atoms with E-state index in [0.29, 0.717) is 0 Å². The lowest BCUT2D eigenvalue weighted by Crippen LogP contribution is -2.46. The highest BCUT2D eigenvalue weighted by atomic mass is 32.2. The third-order valence-corrected chi connectivity index (χ3v) is 6.52. The lowest BCUT2D eigenvalue weighted by Gasteiger charge is -2.21. The van der Waals surface area contributed by atoms with E-state index in [4.69, 9.17) is 4.74 Å². The first-order chi connectivity index (χ1) is 15.2. The highest BCUT2D eigenvalue weighted by Gasteiger charge is 2.30. The average Bonchev–Trinajstić information content (AvgIpc) is 2.74. The number of nitrogens with zero attached hydrogens (tertiary/aromatic N) is 1. The fraction of sp³-hybridized carbons (Fsp3) is 0.550. The van der Waals surface area contributed by atoms with Gasteiger partial charge in [0, 0.05) is 18.7 Å². The maximum atomic E-state index is 12.7. The molecule has 33 heavy (non-hydrogen) atoms. The number of amides is 2. The van der Waals surface area contributed by atoms with Crippen molar-refractivity contribution in [2.24, 2.45) is 5.92 Å². The molecular formula is C20H28F3N3O6S. The normalized spacial score (nSPS) is 13.0. The van der Waals surface area contributed by atoms with Crippen LogP contribution in [0.25, 0.3) is 0 Å². The number of nitrogens with one attached hydrogen (secondary N) is 2. The van der Waals surface area contributed by atoms with Crippen LogP contribution in [0, 0.1) is 5.92 Å². The minimum absolute atomic E-state index is 0.0235. The fourth-order valence-corrected chi connectivity index (χ4v) is 4.21. The first-order valence-electron chi connectivity index (χ1n) is 10.1. The van der Waals surface area contributed by atoms with Crippen molar-refractivity contribution in [3.05, 3.63) is 29.8 Å². The summed E-state index contributed by atoms with van der Waals surface area (Å²) in [6, 6.07) is 4.05. The SMILES string of the molecule is CCN(CC)S(=O)(=O)c1cccc(C(=O)N[C@H](C(=O)OCC(=O)NCC(F)(F)F)C(C)C)c1. The van der Waals surface area contributed by atoms with E-state index < -0.39 is 59.1 Å². The Morgan fingerprint density at radius 2 is 1.73 bits per heavy atom. The molecular weight excluding hydrogens is 467 g/mol. The summed E-state index contributed by atoms with van der Waals surface area (Å²) in [4.78, 5) is 36.3. The smallest absolute Gasteiger partial charge is 0.405 e. The zero-order valence-corrected chi connectivity index (χ0v) is 19.5. The fourth-order valence-electron chi connectivity index (χ4n) is 2.71. The largest absolute Gasteiger partial charge is 0.454 e. The standard InChI is InChI=1S/C20H28F3N3O6S/c1-5-26(6-2)33(30,31)15-9-7-8-14(10-15)18(28)25-17(13(3)4)19(29)32-11-16(27)24-12-20(21,22)23/h7-10,13,17H,5-6,11-12H2,1-4H3,(H,24,27)(H,25,28)/t17-/m0/s1. The van der Waals surface area contributed by atoms with Gasteiger partial charge < -0.3 is 15.4 Å². The molecule has 0 aliphatic heterocycles. The van der Waals surface area contributed by atoms with Gasteiger partial charge in [0.15, 0.2) is 6.61 Å². The van der Waals surface area contributed by atoms with Crippen molar-refractivity contribution < 1.29 is 40.7 Å². The Morgan fingerprint density at radius 3 is 2.24 bits per heavy atom. The van der Waals surface area contributed by atoms with Crippen LogP contribution < -0.4 is 10.6 Å². The van der Waals surface area contributed by atoms with Gasteiger partial charge in [-0.1, -0.05) is 33.8 Å². The van der Waals surface area contributed by atoms with E-state index in [-0.39, 0.29) is 23.5 Å². The quantitative estimate of drug-likeness (QED) is 0.451. The molecule has 0 spiro atoms. The molecule has 13 heteroatoms. The minimum Gasteiger partial charge on any atom is -0.454 e. The number of halogens is 3. The van der Waals surface area contributed by atoms with Gasteiger partial charge in [-0.3, -0.25) is 9.59 Å². The van der Waals surface area contributed by atoms with Crippen molar-refractivity contribution >= 4 is 27.8 Å². The van der Waals surface area contributed by atoms with Gasteiger partial charge in [0.1, 0.15) is 12.6 Å². The first-order valence-corrected chi connectivity index (χ1v) is 11.6. The molecule has 0 radical (unpaired) electrons.